The molecule has 2 heterocycles. The van der Waals surface area contributed by atoms with Crippen LogP contribution in [0.2, 0.25) is 0 Å². The maximum atomic E-state index is 12.4. The Morgan fingerprint density at radius 2 is 2.08 bits per heavy atom. The van der Waals surface area contributed by atoms with Crippen molar-refractivity contribution in [3.05, 3.63) is 0 Å². The maximum absolute atomic E-state index is 12.4. The van der Waals surface area contributed by atoms with Gasteiger partial charge in [-0.15, -0.1) is 24.0 Å². The summed E-state index contributed by atoms with van der Waals surface area (Å²) in [6.07, 6.45) is -2.92. The Labute approximate surface area is 158 Å². The predicted molar refractivity (Wildman–Crippen MR) is 96.7 cm³/mol. The third kappa shape index (κ3) is 5.91. The average Bonchev–Trinajstić information content (AvgIpc) is 2.51. The van der Waals surface area contributed by atoms with Gasteiger partial charge in [-0.25, -0.2) is 0 Å². The van der Waals surface area contributed by atoms with Crippen molar-refractivity contribution in [2.75, 3.05) is 39.4 Å². The zero-order chi connectivity index (χ0) is 16.9. The topological polar surface area (TPSA) is 57.1 Å². The molecule has 0 bridgehead atoms. The number of alkyl halides is 3. The number of hydrogen-bond acceptors (Lipinski definition) is 3. The summed E-state index contributed by atoms with van der Waals surface area (Å²) in [6.45, 7) is 4.75. The molecule has 0 radical (unpaired) electrons. The molecular formula is C15H27F3IN3O2. The van der Waals surface area contributed by atoms with E-state index in [1.54, 1.807) is 0 Å². The number of halogens is 4. The number of aliphatic hydroxyl groups excluding tert-OH is 1. The number of aliphatic imine (C=N–C) groups is 1. The van der Waals surface area contributed by atoms with E-state index in [2.05, 4.69) is 10.3 Å². The molecule has 2 saturated heterocycles. The van der Waals surface area contributed by atoms with Crippen LogP contribution in [0.1, 0.15) is 32.6 Å². The van der Waals surface area contributed by atoms with Crippen LogP contribution in [0.4, 0.5) is 13.2 Å². The smallest absolute Gasteiger partial charge is 0.382 e. The average molecular weight is 465 g/mol. The second kappa shape index (κ2) is 9.42. The van der Waals surface area contributed by atoms with Crippen molar-refractivity contribution in [2.45, 2.75) is 44.9 Å². The first-order chi connectivity index (χ1) is 10.9. The third-order valence-electron chi connectivity index (χ3n) is 4.49. The summed E-state index contributed by atoms with van der Waals surface area (Å²) in [4.78, 5) is 6.01. The van der Waals surface area contributed by atoms with E-state index in [0.717, 1.165) is 45.4 Å². The Bertz CT molecular complexity index is 410. The molecule has 2 fully saturated rings. The lowest BCUT2D eigenvalue weighted by atomic mass is 9.76. The van der Waals surface area contributed by atoms with Gasteiger partial charge in [-0.2, -0.15) is 13.2 Å². The van der Waals surface area contributed by atoms with Gasteiger partial charge in [-0.3, -0.25) is 4.99 Å². The first-order valence-electron chi connectivity index (χ1n) is 8.22. The summed E-state index contributed by atoms with van der Waals surface area (Å²) in [5, 5.41) is 12.2. The molecule has 2 aliphatic heterocycles. The number of piperidine rings is 1. The molecule has 2 N–H and O–H groups in total. The molecule has 142 valence electrons. The molecule has 5 nitrogen and oxygen atoms in total. The Hall–Kier alpha value is -0.290. The van der Waals surface area contributed by atoms with Gasteiger partial charge in [0.25, 0.3) is 0 Å². The number of rotatable bonds is 3. The van der Waals surface area contributed by atoms with Crippen LogP contribution in [0.15, 0.2) is 4.99 Å². The fourth-order valence-corrected chi connectivity index (χ4v) is 3.32. The lowest BCUT2D eigenvalue weighted by molar-refractivity contribution is -0.199. The quantitative estimate of drug-likeness (QED) is 0.382. The van der Waals surface area contributed by atoms with Crippen LogP contribution < -0.4 is 5.32 Å². The maximum Gasteiger partial charge on any atom is 0.416 e. The minimum absolute atomic E-state index is 0. The van der Waals surface area contributed by atoms with Gasteiger partial charge in [0.15, 0.2) is 12.1 Å². The monoisotopic (exact) mass is 465 g/mol. The van der Waals surface area contributed by atoms with Crippen molar-refractivity contribution in [2.24, 2.45) is 10.4 Å². The standard InChI is InChI=1S/C15H26F3N3O2.HI/c1-2-19-13(20-9-12(22)15(16,17)18)21-7-3-5-14(10-21)6-4-8-23-11-14;/h12,22H,2-11H2,1H3,(H,19,20);1H. The van der Waals surface area contributed by atoms with Crippen molar-refractivity contribution in [1.82, 2.24) is 10.2 Å². The molecule has 2 atom stereocenters. The van der Waals surface area contributed by atoms with Crippen LogP contribution in [0.25, 0.3) is 0 Å². The van der Waals surface area contributed by atoms with Crippen LogP contribution in [0.3, 0.4) is 0 Å². The number of ether oxygens (including phenoxy) is 1. The van der Waals surface area contributed by atoms with Crippen LogP contribution in [0.5, 0.6) is 0 Å². The lowest BCUT2D eigenvalue weighted by Crippen LogP contribution is -2.53. The molecule has 0 aromatic carbocycles. The van der Waals surface area contributed by atoms with E-state index in [-0.39, 0.29) is 29.4 Å². The fraction of sp³-hybridized carbons (Fsp3) is 0.933. The second-order valence-electron chi connectivity index (χ2n) is 6.43. The Kier molecular flexibility index (Phi) is 8.54. The number of aliphatic hydroxyl groups is 1. The summed E-state index contributed by atoms with van der Waals surface area (Å²) in [7, 11) is 0. The van der Waals surface area contributed by atoms with Gasteiger partial charge < -0.3 is 20.1 Å². The lowest BCUT2D eigenvalue weighted by Gasteiger charge is -2.45. The van der Waals surface area contributed by atoms with Gasteiger partial charge in [0, 0.05) is 31.7 Å². The normalized spacial score (nSPS) is 26.9. The minimum atomic E-state index is -4.64. The molecule has 2 aliphatic rings. The van der Waals surface area contributed by atoms with Gasteiger partial charge in [0.05, 0.1) is 13.2 Å². The van der Waals surface area contributed by atoms with Gasteiger partial charge in [-0.1, -0.05) is 0 Å². The molecule has 0 aromatic rings. The molecule has 0 amide bonds. The number of likely N-dealkylation sites (tertiary alicyclic amines) is 1. The Balaban J connectivity index is 0.00000288. The van der Waals surface area contributed by atoms with E-state index < -0.39 is 18.8 Å². The van der Waals surface area contributed by atoms with Crippen LogP contribution in [0, 0.1) is 5.41 Å². The summed E-state index contributed by atoms with van der Waals surface area (Å²) in [5.41, 5.74) is 0.0787. The highest BCUT2D eigenvalue weighted by Crippen LogP contribution is 2.37. The summed E-state index contributed by atoms with van der Waals surface area (Å²) >= 11 is 0. The van der Waals surface area contributed by atoms with E-state index in [4.69, 9.17) is 9.84 Å². The van der Waals surface area contributed by atoms with Gasteiger partial charge in [0.2, 0.25) is 0 Å². The van der Waals surface area contributed by atoms with Gasteiger partial charge in [0.1, 0.15) is 0 Å². The molecule has 24 heavy (non-hydrogen) atoms. The zero-order valence-electron chi connectivity index (χ0n) is 13.9. The van der Waals surface area contributed by atoms with E-state index >= 15 is 0 Å². The van der Waals surface area contributed by atoms with E-state index in [1.165, 1.54) is 0 Å². The molecule has 9 heteroatoms. The molecular weight excluding hydrogens is 438 g/mol. The summed E-state index contributed by atoms with van der Waals surface area (Å²) in [5.74, 6) is 0.445. The second-order valence-corrected chi connectivity index (χ2v) is 6.43. The number of nitrogens with one attached hydrogen (secondary N) is 1. The molecule has 1 spiro atoms. The third-order valence-corrected chi connectivity index (χ3v) is 4.49. The SMILES string of the molecule is CCNC(=NCC(O)C(F)(F)F)N1CCCC2(CCCOC2)C1.I. The van der Waals surface area contributed by atoms with Gasteiger partial charge in [-0.05, 0) is 32.6 Å². The highest BCUT2D eigenvalue weighted by molar-refractivity contribution is 14.0. The van der Waals surface area contributed by atoms with Gasteiger partial charge >= 0.3 is 6.18 Å². The molecule has 0 saturated carbocycles. The highest BCUT2D eigenvalue weighted by atomic mass is 127. The number of hydrogen-bond donors (Lipinski definition) is 2. The van der Waals surface area contributed by atoms with Crippen LogP contribution in [-0.2, 0) is 4.74 Å². The molecule has 2 unspecified atom stereocenters. The molecule has 0 aromatic heterocycles. The van der Waals surface area contributed by atoms with Crippen molar-refractivity contribution in [3.8, 4) is 0 Å². The Morgan fingerprint density at radius 1 is 1.38 bits per heavy atom. The minimum Gasteiger partial charge on any atom is -0.382 e. The van der Waals surface area contributed by atoms with Crippen molar-refractivity contribution < 1.29 is 23.0 Å². The first-order valence-corrected chi connectivity index (χ1v) is 8.22. The van der Waals surface area contributed by atoms with E-state index in [0.29, 0.717) is 19.1 Å². The van der Waals surface area contributed by atoms with Crippen LogP contribution >= 0.6 is 24.0 Å². The summed E-state index contributed by atoms with van der Waals surface area (Å²) < 4.78 is 42.9. The molecule has 0 aliphatic carbocycles. The summed E-state index contributed by atoms with van der Waals surface area (Å²) in [6, 6.07) is 0. The highest BCUT2D eigenvalue weighted by Gasteiger charge is 2.40. The zero-order valence-corrected chi connectivity index (χ0v) is 16.3. The van der Waals surface area contributed by atoms with Crippen molar-refractivity contribution >= 4 is 29.9 Å². The fourth-order valence-electron chi connectivity index (χ4n) is 3.32. The predicted octanol–water partition coefficient (Wildman–Crippen LogP) is 2.39. The largest absolute Gasteiger partial charge is 0.416 e. The van der Waals surface area contributed by atoms with E-state index in [1.807, 2.05) is 11.8 Å². The molecule has 2 rings (SSSR count). The number of nitrogens with zero attached hydrogens (tertiary/aromatic N) is 2. The van der Waals surface area contributed by atoms with Crippen LogP contribution in [-0.4, -0.2) is 67.6 Å². The first kappa shape index (κ1) is 21.8. The van der Waals surface area contributed by atoms with Crippen molar-refractivity contribution in [1.29, 1.82) is 0 Å². The Morgan fingerprint density at radius 3 is 2.67 bits per heavy atom. The number of guanidine groups is 1. The van der Waals surface area contributed by atoms with Crippen molar-refractivity contribution in [3.63, 3.8) is 0 Å². The van der Waals surface area contributed by atoms with E-state index in [9.17, 15) is 13.2 Å².